The van der Waals surface area contributed by atoms with Gasteiger partial charge in [0.2, 0.25) is 15.9 Å². The fraction of sp³-hybridized carbons (Fsp3) is 0.278. The number of primary amides is 1. The second-order valence-corrected chi connectivity index (χ2v) is 8.28. The zero-order valence-corrected chi connectivity index (χ0v) is 14.7. The average molecular weight is 359 g/mol. The van der Waals surface area contributed by atoms with Gasteiger partial charge in [-0.2, -0.15) is 4.31 Å². The molecule has 3 rings (SSSR count). The molecule has 2 atom stereocenters. The van der Waals surface area contributed by atoms with Crippen LogP contribution in [-0.4, -0.2) is 37.8 Å². The molecule has 0 spiro atoms. The highest BCUT2D eigenvalue weighted by Gasteiger charge is 2.38. The van der Waals surface area contributed by atoms with Gasteiger partial charge in [-0.15, -0.1) is 0 Å². The highest BCUT2D eigenvalue weighted by atomic mass is 32.2. The van der Waals surface area contributed by atoms with Crippen LogP contribution in [0.5, 0.6) is 0 Å². The van der Waals surface area contributed by atoms with E-state index >= 15 is 0 Å². The Morgan fingerprint density at radius 1 is 1.12 bits per heavy atom. The first-order valence-electron chi connectivity index (χ1n) is 8.02. The third-order valence-electron chi connectivity index (χ3n) is 4.67. The summed E-state index contributed by atoms with van der Waals surface area (Å²) in [6, 6.07) is 13.8. The van der Waals surface area contributed by atoms with E-state index in [9.17, 15) is 13.2 Å². The van der Waals surface area contributed by atoms with E-state index in [1.165, 1.54) is 16.4 Å². The summed E-state index contributed by atoms with van der Waals surface area (Å²) >= 11 is 0. The molecule has 0 aliphatic carbocycles. The SMILES string of the molecule is Cc1ccc(S(=O)(=O)N2C[C@@H](N)[C@H](c3ccccc3)C2)cc1C(N)=O. The third-order valence-corrected chi connectivity index (χ3v) is 6.50. The van der Waals surface area contributed by atoms with Gasteiger partial charge in [0, 0.05) is 30.6 Å². The highest BCUT2D eigenvalue weighted by molar-refractivity contribution is 7.89. The van der Waals surface area contributed by atoms with E-state index in [0.29, 0.717) is 12.1 Å². The maximum atomic E-state index is 13.0. The predicted molar refractivity (Wildman–Crippen MR) is 95.6 cm³/mol. The van der Waals surface area contributed by atoms with Crippen molar-refractivity contribution < 1.29 is 13.2 Å². The number of hydrogen-bond donors (Lipinski definition) is 2. The number of nitrogens with two attached hydrogens (primary N) is 2. The van der Waals surface area contributed by atoms with Crippen LogP contribution in [0.25, 0.3) is 0 Å². The van der Waals surface area contributed by atoms with E-state index in [2.05, 4.69) is 0 Å². The molecule has 7 heteroatoms. The Morgan fingerprint density at radius 2 is 1.80 bits per heavy atom. The molecule has 2 aromatic carbocycles. The molecule has 1 fully saturated rings. The fourth-order valence-corrected chi connectivity index (χ4v) is 4.75. The summed E-state index contributed by atoms with van der Waals surface area (Å²) < 4.78 is 27.3. The summed E-state index contributed by atoms with van der Waals surface area (Å²) in [6.07, 6.45) is 0. The number of carbonyl (C=O) groups excluding carboxylic acids is 1. The molecule has 0 unspecified atom stereocenters. The van der Waals surface area contributed by atoms with E-state index in [1.807, 2.05) is 30.3 Å². The largest absolute Gasteiger partial charge is 0.366 e. The topological polar surface area (TPSA) is 106 Å². The van der Waals surface area contributed by atoms with Gasteiger partial charge in [-0.1, -0.05) is 36.4 Å². The van der Waals surface area contributed by atoms with Crippen molar-refractivity contribution in [2.45, 2.75) is 23.8 Å². The van der Waals surface area contributed by atoms with Crippen molar-refractivity contribution in [1.82, 2.24) is 4.31 Å². The number of hydrogen-bond acceptors (Lipinski definition) is 4. The van der Waals surface area contributed by atoms with Crippen LogP contribution in [0, 0.1) is 6.92 Å². The molecule has 0 aromatic heterocycles. The van der Waals surface area contributed by atoms with Gasteiger partial charge < -0.3 is 11.5 Å². The zero-order valence-electron chi connectivity index (χ0n) is 13.9. The van der Waals surface area contributed by atoms with Crippen LogP contribution in [0.4, 0.5) is 0 Å². The van der Waals surface area contributed by atoms with Crippen LogP contribution in [-0.2, 0) is 10.0 Å². The van der Waals surface area contributed by atoms with E-state index in [4.69, 9.17) is 11.5 Å². The molecule has 1 aliphatic heterocycles. The molecule has 6 nitrogen and oxygen atoms in total. The van der Waals surface area contributed by atoms with Crippen LogP contribution < -0.4 is 11.5 Å². The van der Waals surface area contributed by atoms with Crippen LogP contribution in [0.1, 0.15) is 27.4 Å². The molecular weight excluding hydrogens is 338 g/mol. The molecule has 132 valence electrons. The summed E-state index contributed by atoms with van der Waals surface area (Å²) in [6.45, 7) is 2.27. The van der Waals surface area contributed by atoms with Gasteiger partial charge in [0.15, 0.2) is 0 Å². The van der Waals surface area contributed by atoms with Crippen molar-refractivity contribution in [3.05, 3.63) is 65.2 Å². The van der Waals surface area contributed by atoms with Crippen LogP contribution >= 0.6 is 0 Å². The first kappa shape index (κ1) is 17.6. The van der Waals surface area contributed by atoms with Gasteiger partial charge in [-0.05, 0) is 30.2 Å². The average Bonchev–Trinajstić information content (AvgIpc) is 2.98. The van der Waals surface area contributed by atoms with Crippen LogP contribution in [0.3, 0.4) is 0 Å². The quantitative estimate of drug-likeness (QED) is 0.855. The maximum Gasteiger partial charge on any atom is 0.249 e. The highest BCUT2D eigenvalue weighted by Crippen LogP contribution is 2.31. The standard InChI is InChI=1S/C18H21N3O3S/c1-12-7-8-14(9-15(12)18(20)22)25(23,24)21-10-16(17(19)11-21)13-5-3-2-4-6-13/h2-9,16-17H,10-11,19H2,1H3,(H2,20,22)/t16-,17+/m0/s1. The van der Waals surface area contributed by atoms with E-state index < -0.39 is 15.9 Å². The number of amides is 1. The normalized spacial score (nSPS) is 21.4. The Labute approximate surface area is 147 Å². The van der Waals surface area contributed by atoms with Crippen LogP contribution in [0.15, 0.2) is 53.4 Å². The molecule has 25 heavy (non-hydrogen) atoms. The predicted octanol–water partition coefficient (Wildman–Crippen LogP) is 1.21. The summed E-state index contributed by atoms with van der Waals surface area (Å²) in [5.74, 6) is -0.702. The Hall–Kier alpha value is -2.22. The van der Waals surface area contributed by atoms with Gasteiger partial charge in [0.1, 0.15) is 0 Å². The number of sulfonamides is 1. The Morgan fingerprint density at radius 3 is 2.44 bits per heavy atom. The number of aryl methyl sites for hydroxylation is 1. The number of rotatable bonds is 4. The van der Waals surface area contributed by atoms with Gasteiger partial charge >= 0.3 is 0 Å². The monoisotopic (exact) mass is 359 g/mol. The van der Waals surface area contributed by atoms with Gasteiger partial charge in [-0.25, -0.2) is 8.42 Å². The maximum absolute atomic E-state index is 13.0. The van der Waals surface area contributed by atoms with Crippen LogP contribution in [0.2, 0.25) is 0 Å². The molecule has 0 radical (unpaired) electrons. The lowest BCUT2D eigenvalue weighted by atomic mass is 9.95. The molecule has 1 heterocycles. The second kappa shape index (κ2) is 6.59. The first-order valence-corrected chi connectivity index (χ1v) is 9.46. The van der Waals surface area contributed by atoms with Crippen molar-refractivity contribution >= 4 is 15.9 Å². The summed E-state index contributed by atoms with van der Waals surface area (Å²) in [5, 5.41) is 0. The minimum atomic E-state index is -3.74. The fourth-order valence-electron chi connectivity index (χ4n) is 3.22. The lowest BCUT2D eigenvalue weighted by Gasteiger charge is -2.17. The van der Waals surface area contributed by atoms with Gasteiger partial charge in [0.05, 0.1) is 4.90 Å². The molecule has 2 aromatic rings. The third kappa shape index (κ3) is 3.30. The zero-order chi connectivity index (χ0) is 18.2. The molecule has 1 amide bonds. The summed E-state index contributed by atoms with van der Waals surface area (Å²) in [5.41, 5.74) is 13.4. The van der Waals surface area contributed by atoms with E-state index in [0.717, 1.165) is 5.56 Å². The minimum absolute atomic E-state index is 0.0583. The first-order chi connectivity index (χ1) is 11.8. The minimum Gasteiger partial charge on any atom is -0.366 e. The Balaban J connectivity index is 1.91. The summed E-state index contributed by atoms with van der Waals surface area (Å²) in [4.78, 5) is 11.6. The van der Waals surface area contributed by atoms with Gasteiger partial charge in [-0.3, -0.25) is 4.79 Å². The second-order valence-electron chi connectivity index (χ2n) is 6.34. The molecule has 1 saturated heterocycles. The number of nitrogens with zero attached hydrogens (tertiary/aromatic N) is 1. The molecular formula is C18H21N3O3S. The van der Waals surface area contributed by atoms with Crippen molar-refractivity contribution in [3.8, 4) is 0 Å². The molecule has 0 bridgehead atoms. The van der Waals surface area contributed by atoms with Crippen molar-refractivity contribution in [1.29, 1.82) is 0 Å². The smallest absolute Gasteiger partial charge is 0.249 e. The Bertz CT molecular complexity index is 897. The van der Waals surface area contributed by atoms with E-state index in [-0.39, 0.29) is 29.0 Å². The molecule has 4 N–H and O–H groups in total. The molecule has 1 aliphatic rings. The van der Waals surface area contributed by atoms with Crippen molar-refractivity contribution in [3.63, 3.8) is 0 Å². The van der Waals surface area contributed by atoms with E-state index in [1.54, 1.807) is 13.0 Å². The van der Waals surface area contributed by atoms with Crippen molar-refractivity contribution in [2.24, 2.45) is 11.5 Å². The summed E-state index contributed by atoms with van der Waals surface area (Å²) in [7, 11) is -3.74. The molecule has 0 saturated carbocycles. The number of benzene rings is 2. The van der Waals surface area contributed by atoms with Gasteiger partial charge in [0.25, 0.3) is 0 Å². The van der Waals surface area contributed by atoms with Crippen molar-refractivity contribution in [2.75, 3.05) is 13.1 Å². The number of carbonyl (C=O) groups is 1. The Kier molecular flexibility index (Phi) is 4.64. The lowest BCUT2D eigenvalue weighted by Crippen LogP contribution is -2.32. The lowest BCUT2D eigenvalue weighted by molar-refractivity contribution is 0.0999.